The topological polar surface area (TPSA) is 26.0 Å². The highest BCUT2D eigenvalue weighted by Crippen LogP contribution is 2.29. The van der Waals surface area contributed by atoms with E-state index < -0.39 is 0 Å². The van der Waals surface area contributed by atoms with Crippen LogP contribution in [0.2, 0.25) is 0 Å². The molecule has 1 aliphatic carbocycles. The van der Waals surface area contributed by atoms with Crippen LogP contribution in [0, 0.1) is 19.8 Å². The third-order valence-electron chi connectivity index (χ3n) is 3.96. The fourth-order valence-electron chi connectivity index (χ4n) is 2.79. The van der Waals surface area contributed by atoms with Gasteiger partial charge >= 0.3 is 0 Å². The summed E-state index contributed by atoms with van der Waals surface area (Å²) < 4.78 is 0. The summed E-state index contributed by atoms with van der Waals surface area (Å²) in [7, 11) is 0. The van der Waals surface area contributed by atoms with Gasteiger partial charge in [0.1, 0.15) is 0 Å². The summed E-state index contributed by atoms with van der Waals surface area (Å²) in [6.07, 6.45) is 5.75. The maximum absolute atomic E-state index is 6.33. The monoisotopic (exact) mass is 263 g/mol. The van der Waals surface area contributed by atoms with Gasteiger partial charge in [-0.25, -0.2) is 0 Å². The number of nitrogens with two attached hydrogens (primary N) is 1. The van der Waals surface area contributed by atoms with E-state index in [1.54, 1.807) is 0 Å². The van der Waals surface area contributed by atoms with Gasteiger partial charge in [0.2, 0.25) is 0 Å². The lowest BCUT2D eigenvalue weighted by Crippen LogP contribution is -2.15. The van der Waals surface area contributed by atoms with Gasteiger partial charge in [-0.2, -0.15) is 11.8 Å². The molecule has 1 atom stereocenters. The number of hydrogen-bond donors (Lipinski definition) is 1. The normalized spacial score (nSPS) is 18.2. The average molecular weight is 263 g/mol. The molecule has 1 aromatic rings. The van der Waals surface area contributed by atoms with Gasteiger partial charge in [-0.1, -0.05) is 36.6 Å². The van der Waals surface area contributed by atoms with Crippen molar-refractivity contribution >= 4 is 11.8 Å². The molecule has 2 rings (SSSR count). The second-order valence-electron chi connectivity index (χ2n) is 5.65. The predicted molar refractivity (Wildman–Crippen MR) is 82.1 cm³/mol. The molecule has 0 heterocycles. The van der Waals surface area contributed by atoms with Gasteiger partial charge in [0, 0.05) is 11.8 Å². The Bertz CT molecular complexity index is 383. The Kier molecular flexibility index (Phi) is 5.13. The standard InChI is InChI=1S/C16H25NS/c1-12-7-8-13(2)15(9-12)16(17)11-18-10-14-5-3-4-6-14/h7-9,14,16H,3-6,10-11,17H2,1-2H3. The second-order valence-corrected chi connectivity index (χ2v) is 6.73. The highest BCUT2D eigenvalue weighted by molar-refractivity contribution is 7.99. The van der Waals surface area contributed by atoms with Crippen molar-refractivity contribution in [1.29, 1.82) is 0 Å². The van der Waals surface area contributed by atoms with Crippen molar-refractivity contribution in [3.63, 3.8) is 0 Å². The molecule has 0 aromatic heterocycles. The van der Waals surface area contributed by atoms with Crippen molar-refractivity contribution in [2.45, 2.75) is 45.6 Å². The Morgan fingerprint density at radius 1 is 1.28 bits per heavy atom. The van der Waals surface area contributed by atoms with E-state index in [2.05, 4.69) is 32.0 Å². The number of rotatable bonds is 5. The minimum absolute atomic E-state index is 0.191. The van der Waals surface area contributed by atoms with Crippen LogP contribution < -0.4 is 5.73 Å². The van der Waals surface area contributed by atoms with Crippen LogP contribution in [-0.2, 0) is 0 Å². The molecule has 0 aliphatic heterocycles. The van der Waals surface area contributed by atoms with Crippen LogP contribution in [0.1, 0.15) is 48.4 Å². The van der Waals surface area contributed by atoms with Gasteiger partial charge in [-0.15, -0.1) is 0 Å². The van der Waals surface area contributed by atoms with Crippen LogP contribution in [0.25, 0.3) is 0 Å². The first-order chi connectivity index (χ1) is 8.66. The molecule has 0 radical (unpaired) electrons. The zero-order valence-corrected chi connectivity index (χ0v) is 12.4. The number of hydrogen-bond acceptors (Lipinski definition) is 2. The molecular weight excluding hydrogens is 238 g/mol. The molecular formula is C16H25NS. The number of thioether (sulfide) groups is 1. The lowest BCUT2D eigenvalue weighted by molar-refractivity contribution is 0.622. The number of benzene rings is 1. The van der Waals surface area contributed by atoms with Gasteiger partial charge in [0.15, 0.2) is 0 Å². The van der Waals surface area contributed by atoms with Crippen LogP contribution >= 0.6 is 11.8 Å². The van der Waals surface area contributed by atoms with Crippen molar-refractivity contribution in [3.05, 3.63) is 34.9 Å². The number of aryl methyl sites for hydroxylation is 2. The summed E-state index contributed by atoms with van der Waals surface area (Å²) in [5.41, 5.74) is 10.3. The smallest absolute Gasteiger partial charge is 0.0389 e. The molecule has 0 bridgehead atoms. The lowest BCUT2D eigenvalue weighted by atomic mass is 10.0. The second kappa shape index (κ2) is 6.63. The molecule has 0 amide bonds. The maximum Gasteiger partial charge on any atom is 0.0389 e. The van der Waals surface area contributed by atoms with Crippen molar-refractivity contribution in [2.75, 3.05) is 11.5 Å². The first-order valence-corrected chi connectivity index (χ1v) is 8.23. The summed E-state index contributed by atoms with van der Waals surface area (Å²) >= 11 is 2.04. The van der Waals surface area contributed by atoms with Crippen molar-refractivity contribution in [2.24, 2.45) is 11.7 Å². The largest absolute Gasteiger partial charge is 0.323 e. The third-order valence-corrected chi connectivity index (χ3v) is 5.26. The third kappa shape index (κ3) is 3.76. The molecule has 1 aromatic carbocycles. The van der Waals surface area contributed by atoms with Crippen LogP contribution in [0.5, 0.6) is 0 Å². The van der Waals surface area contributed by atoms with E-state index in [1.165, 1.54) is 48.1 Å². The van der Waals surface area contributed by atoms with Gasteiger partial charge in [0.05, 0.1) is 0 Å². The Morgan fingerprint density at radius 3 is 2.72 bits per heavy atom. The summed E-state index contributed by atoms with van der Waals surface area (Å²) in [6, 6.07) is 6.79. The molecule has 2 heteroatoms. The van der Waals surface area contributed by atoms with Crippen LogP contribution in [0.15, 0.2) is 18.2 Å². The molecule has 1 fully saturated rings. The van der Waals surface area contributed by atoms with Crippen LogP contribution in [-0.4, -0.2) is 11.5 Å². The molecule has 1 unspecified atom stereocenters. The van der Waals surface area contributed by atoms with Gasteiger partial charge in [-0.3, -0.25) is 0 Å². The fraction of sp³-hybridized carbons (Fsp3) is 0.625. The van der Waals surface area contributed by atoms with Gasteiger partial charge < -0.3 is 5.73 Å². The lowest BCUT2D eigenvalue weighted by Gasteiger charge is -2.16. The van der Waals surface area contributed by atoms with E-state index in [9.17, 15) is 0 Å². The summed E-state index contributed by atoms with van der Waals surface area (Å²) in [5.74, 6) is 3.32. The Hall–Kier alpha value is -0.470. The molecule has 1 nitrogen and oxygen atoms in total. The van der Waals surface area contributed by atoms with E-state index in [0.717, 1.165) is 11.7 Å². The fourth-order valence-corrected chi connectivity index (χ4v) is 4.02. The first kappa shape index (κ1) is 14.0. The van der Waals surface area contributed by atoms with E-state index >= 15 is 0 Å². The van der Waals surface area contributed by atoms with Crippen LogP contribution in [0.3, 0.4) is 0 Å². The predicted octanol–water partition coefficient (Wildman–Crippen LogP) is 4.23. The molecule has 2 N–H and O–H groups in total. The van der Waals surface area contributed by atoms with Gasteiger partial charge in [-0.05, 0) is 49.5 Å². The Labute approximate surface area is 116 Å². The maximum atomic E-state index is 6.33. The summed E-state index contributed by atoms with van der Waals surface area (Å²) in [6.45, 7) is 4.30. The quantitative estimate of drug-likeness (QED) is 0.860. The minimum Gasteiger partial charge on any atom is -0.323 e. The molecule has 100 valence electrons. The molecule has 0 saturated heterocycles. The Morgan fingerprint density at radius 2 is 2.00 bits per heavy atom. The van der Waals surface area contributed by atoms with E-state index in [0.29, 0.717) is 0 Å². The zero-order chi connectivity index (χ0) is 13.0. The zero-order valence-electron chi connectivity index (χ0n) is 11.6. The molecule has 1 aliphatic rings. The molecule has 0 spiro atoms. The highest BCUT2D eigenvalue weighted by atomic mass is 32.2. The van der Waals surface area contributed by atoms with Crippen LogP contribution in [0.4, 0.5) is 0 Å². The van der Waals surface area contributed by atoms with Crippen molar-refractivity contribution in [3.8, 4) is 0 Å². The van der Waals surface area contributed by atoms with E-state index in [-0.39, 0.29) is 6.04 Å². The van der Waals surface area contributed by atoms with Crippen molar-refractivity contribution in [1.82, 2.24) is 0 Å². The first-order valence-electron chi connectivity index (χ1n) is 7.07. The minimum atomic E-state index is 0.191. The SMILES string of the molecule is Cc1ccc(C)c(C(N)CSCC2CCCC2)c1. The molecule has 1 saturated carbocycles. The summed E-state index contributed by atoms with van der Waals surface area (Å²) in [4.78, 5) is 0. The van der Waals surface area contributed by atoms with Gasteiger partial charge in [0.25, 0.3) is 0 Å². The average Bonchev–Trinajstić information content (AvgIpc) is 2.85. The van der Waals surface area contributed by atoms with Crippen molar-refractivity contribution < 1.29 is 0 Å². The molecule has 18 heavy (non-hydrogen) atoms. The Balaban J connectivity index is 1.83. The van der Waals surface area contributed by atoms with E-state index in [1.807, 2.05) is 11.8 Å². The highest BCUT2D eigenvalue weighted by Gasteiger charge is 2.16. The van der Waals surface area contributed by atoms with E-state index in [4.69, 9.17) is 5.73 Å². The summed E-state index contributed by atoms with van der Waals surface area (Å²) in [5, 5.41) is 0.